The van der Waals surface area contributed by atoms with Crippen LogP contribution in [0.2, 0.25) is 0 Å². The number of para-hydroxylation sites is 2. The molecule has 0 spiro atoms. The van der Waals surface area contributed by atoms with E-state index >= 15 is 0 Å². The Kier molecular flexibility index (Phi) is 1.47. The third-order valence-electron chi connectivity index (χ3n) is 2.93. The van der Waals surface area contributed by atoms with Crippen molar-refractivity contribution in [2.24, 2.45) is 0 Å². The lowest BCUT2D eigenvalue weighted by atomic mass is 10.3. The summed E-state index contributed by atoms with van der Waals surface area (Å²) in [5, 5.41) is 3.27. The zero-order valence-corrected chi connectivity index (χ0v) is 8.08. The van der Waals surface area contributed by atoms with Crippen LogP contribution in [-0.4, -0.2) is 12.0 Å². The Balaban J connectivity index is 2.15. The van der Waals surface area contributed by atoms with Gasteiger partial charge in [0.1, 0.15) is 5.52 Å². The Morgan fingerprint density at radius 1 is 1.36 bits per heavy atom. The Bertz CT molecular complexity index is 438. The van der Waals surface area contributed by atoms with E-state index in [0.717, 1.165) is 29.8 Å². The molecule has 1 heterocycles. The van der Waals surface area contributed by atoms with Crippen LogP contribution in [0.25, 0.3) is 11.1 Å². The zero-order chi connectivity index (χ0) is 9.60. The summed E-state index contributed by atoms with van der Waals surface area (Å²) >= 11 is 0. The van der Waals surface area contributed by atoms with Crippen LogP contribution in [0.4, 0.5) is 0 Å². The highest BCUT2D eigenvalue weighted by molar-refractivity contribution is 5.72. The lowest BCUT2D eigenvalue weighted by Crippen LogP contribution is -2.24. The van der Waals surface area contributed by atoms with E-state index in [1.165, 1.54) is 0 Å². The lowest BCUT2D eigenvalue weighted by Gasteiger charge is -2.07. The summed E-state index contributed by atoms with van der Waals surface area (Å²) in [7, 11) is 1.96. The second kappa shape index (κ2) is 2.58. The molecule has 0 aliphatic heterocycles. The molecule has 0 radical (unpaired) electrons. The third-order valence-corrected chi connectivity index (χ3v) is 2.93. The van der Waals surface area contributed by atoms with Crippen molar-refractivity contribution in [2.75, 3.05) is 7.05 Å². The number of rotatable bonds is 2. The fraction of sp³-hybridized carbons (Fsp3) is 0.364. The van der Waals surface area contributed by atoms with Gasteiger partial charge in [-0.2, -0.15) is 0 Å². The molecule has 1 fully saturated rings. The van der Waals surface area contributed by atoms with Gasteiger partial charge >= 0.3 is 0 Å². The normalized spacial score (nSPS) is 18.6. The first-order chi connectivity index (χ1) is 6.84. The minimum atomic E-state index is 0.0268. The second-order valence-electron chi connectivity index (χ2n) is 3.82. The first kappa shape index (κ1) is 8.00. The Hall–Kier alpha value is -1.35. The summed E-state index contributed by atoms with van der Waals surface area (Å²) in [5.74, 6) is 0.834. The van der Waals surface area contributed by atoms with Crippen LogP contribution in [-0.2, 0) is 5.54 Å². The highest BCUT2D eigenvalue weighted by atomic mass is 16.4. The number of hydrogen-bond donors (Lipinski definition) is 1. The van der Waals surface area contributed by atoms with Gasteiger partial charge in [0, 0.05) is 0 Å². The molecule has 14 heavy (non-hydrogen) atoms. The molecular formula is C11H12N2O. The molecule has 3 nitrogen and oxygen atoms in total. The highest BCUT2D eigenvalue weighted by Crippen LogP contribution is 2.45. The van der Waals surface area contributed by atoms with Gasteiger partial charge in [0.2, 0.25) is 5.89 Å². The lowest BCUT2D eigenvalue weighted by molar-refractivity contribution is 0.420. The van der Waals surface area contributed by atoms with E-state index in [9.17, 15) is 0 Å². The molecule has 72 valence electrons. The van der Waals surface area contributed by atoms with Gasteiger partial charge in [-0.1, -0.05) is 12.1 Å². The number of nitrogens with one attached hydrogen (secondary N) is 1. The quantitative estimate of drug-likeness (QED) is 0.783. The summed E-state index contributed by atoms with van der Waals surface area (Å²) in [5.41, 5.74) is 1.85. The topological polar surface area (TPSA) is 38.1 Å². The average Bonchev–Trinajstić information content (AvgIpc) is 2.91. The molecule has 1 N–H and O–H groups in total. The van der Waals surface area contributed by atoms with Crippen molar-refractivity contribution >= 4 is 11.1 Å². The van der Waals surface area contributed by atoms with E-state index in [2.05, 4.69) is 10.3 Å². The van der Waals surface area contributed by atoms with Gasteiger partial charge < -0.3 is 9.73 Å². The predicted molar refractivity (Wildman–Crippen MR) is 54.0 cm³/mol. The number of aromatic nitrogens is 1. The van der Waals surface area contributed by atoms with Gasteiger partial charge in [0.05, 0.1) is 5.54 Å². The third kappa shape index (κ3) is 0.990. The molecule has 3 heteroatoms. The van der Waals surface area contributed by atoms with Gasteiger partial charge in [0.15, 0.2) is 5.58 Å². The minimum Gasteiger partial charge on any atom is -0.439 e. The number of nitrogens with zero attached hydrogens (tertiary/aromatic N) is 1. The van der Waals surface area contributed by atoms with Gasteiger partial charge in [-0.25, -0.2) is 4.98 Å². The van der Waals surface area contributed by atoms with E-state index in [0.29, 0.717) is 0 Å². The summed E-state index contributed by atoms with van der Waals surface area (Å²) in [4.78, 5) is 4.49. The molecular weight excluding hydrogens is 176 g/mol. The van der Waals surface area contributed by atoms with Crippen LogP contribution in [0.3, 0.4) is 0 Å². The van der Waals surface area contributed by atoms with E-state index in [-0.39, 0.29) is 5.54 Å². The fourth-order valence-electron chi connectivity index (χ4n) is 1.77. The van der Waals surface area contributed by atoms with Crippen molar-refractivity contribution in [3.05, 3.63) is 30.2 Å². The van der Waals surface area contributed by atoms with E-state index < -0.39 is 0 Å². The smallest absolute Gasteiger partial charge is 0.215 e. The summed E-state index contributed by atoms with van der Waals surface area (Å²) < 4.78 is 5.71. The van der Waals surface area contributed by atoms with Crippen molar-refractivity contribution in [1.29, 1.82) is 0 Å². The largest absolute Gasteiger partial charge is 0.439 e. The number of benzene rings is 1. The summed E-state index contributed by atoms with van der Waals surface area (Å²) in [6.07, 6.45) is 2.24. The predicted octanol–water partition coefficient (Wildman–Crippen LogP) is 2.04. The van der Waals surface area contributed by atoms with E-state index in [1.54, 1.807) is 0 Å². The van der Waals surface area contributed by atoms with Crippen LogP contribution in [0.15, 0.2) is 28.7 Å². The summed E-state index contributed by atoms with van der Waals surface area (Å²) in [6.45, 7) is 0. The van der Waals surface area contributed by atoms with Crippen LogP contribution >= 0.6 is 0 Å². The van der Waals surface area contributed by atoms with Crippen LogP contribution in [0.1, 0.15) is 18.7 Å². The van der Waals surface area contributed by atoms with E-state index in [4.69, 9.17) is 4.42 Å². The molecule has 0 saturated heterocycles. The van der Waals surface area contributed by atoms with Crippen molar-refractivity contribution < 1.29 is 4.42 Å². The van der Waals surface area contributed by atoms with Crippen molar-refractivity contribution in [3.8, 4) is 0 Å². The minimum absolute atomic E-state index is 0.0268. The standard InChI is InChI=1S/C11H12N2O/c1-12-11(6-7-11)10-13-8-4-2-3-5-9(8)14-10/h2-5,12H,6-7H2,1H3. The molecule has 0 unspecified atom stereocenters. The van der Waals surface area contributed by atoms with Gasteiger partial charge in [-0.15, -0.1) is 0 Å². The molecule has 1 aliphatic carbocycles. The molecule has 2 aromatic rings. The molecule has 1 aromatic carbocycles. The molecule has 1 saturated carbocycles. The van der Waals surface area contributed by atoms with Crippen molar-refractivity contribution in [1.82, 2.24) is 10.3 Å². The molecule has 1 aliphatic rings. The number of oxazole rings is 1. The maximum Gasteiger partial charge on any atom is 0.215 e. The van der Waals surface area contributed by atoms with Crippen LogP contribution in [0.5, 0.6) is 0 Å². The van der Waals surface area contributed by atoms with Gasteiger partial charge in [-0.05, 0) is 32.0 Å². The Labute approximate surface area is 82.1 Å². The Morgan fingerprint density at radius 2 is 2.14 bits per heavy atom. The van der Waals surface area contributed by atoms with Crippen LogP contribution < -0.4 is 5.32 Å². The first-order valence-corrected chi connectivity index (χ1v) is 4.89. The monoisotopic (exact) mass is 188 g/mol. The maximum absolute atomic E-state index is 5.71. The van der Waals surface area contributed by atoms with Crippen molar-refractivity contribution in [3.63, 3.8) is 0 Å². The second-order valence-corrected chi connectivity index (χ2v) is 3.82. The maximum atomic E-state index is 5.71. The molecule has 0 atom stereocenters. The highest BCUT2D eigenvalue weighted by Gasteiger charge is 2.47. The average molecular weight is 188 g/mol. The number of hydrogen-bond acceptors (Lipinski definition) is 3. The molecule has 1 aromatic heterocycles. The van der Waals surface area contributed by atoms with Gasteiger partial charge in [-0.3, -0.25) is 0 Å². The van der Waals surface area contributed by atoms with Crippen molar-refractivity contribution in [2.45, 2.75) is 18.4 Å². The SMILES string of the molecule is CNC1(c2nc3ccccc3o2)CC1. The fourth-order valence-corrected chi connectivity index (χ4v) is 1.77. The van der Waals surface area contributed by atoms with Gasteiger partial charge in [0.25, 0.3) is 0 Å². The molecule has 0 bridgehead atoms. The zero-order valence-electron chi connectivity index (χ0n) is 8.08. The van der Waals surface area contributed by atoms with E-state index in [1.807, 2.05) is 31.3 Å². The summed E-state index contributed by atoms with van der Waals surface area (Å²) in [6, 6.07) is 7.88. The Morgan fingerprint density at radius 3 is 2.79 bits per heavy atom. The first-order valence-electron chi connectivity index (χ1n) is 4.89. The van der Waals surface area contributed by atoms with Crippen LogP contribution in [0, 0.1) is 0 Å². The molecule has 3 rings (SSSR count). The number of fused-ring (bicyclic) bond motifs is 1. The molecule has 0 amide bonds.